The number of piperidine rings is 1. The lowest BCUT2D eigenvalue weighted by Gasteiger charge is -2.21. The molecule has 2 aromatic carbocycles. The van der Waals surface area contributed by atoms with Crippen LogP contribution < -0.4 is 15.4 Å². The number of ether oxygens (including phenoxy) is 1. The number of amides is 1. The smallest absolute Gasteiger partial charge is 0.228 e. The highest BCUT2D eigenvalue weighted by molar-refractivity contribution is 5.92. The number of nitrogens with one attached hydrogen (secondary N) is 2. The lowest BCUT2D eigenvalue weighted by atomic mass is 9.99. The third-order valence-electron chi connectivity index (χ3n) is 3.77. The Morgan fingerprint density at radius 3 is 2.45 bits per heavy atom. The van der Waals surface area contributed by atoms with E-state index in [1.54, 1.807) is 0 Å². The molecule has 1 heterocycles. The molecule has 0 aliphatic carbocycles. The normalized spacial score (nSPS) is 17.7. The van der Waals surface area contributed by atoms with Crippen molar-refractivity contribution in [1.82, 2.24) is 5.32 Å². The Balaban J connectivity index is 1.58. The fraction of sp³-hybridized carbons (Fsp3) is 0.278. The summed E-state index contributed by atoms with van der Waals surface area (Å²) in [5, 5.41) is 6.23. The maximum atomic E-state index is 12.2. The topological polar surface area (TPSA) is 50.4 Å². The number of benzene rings is 2. The van der Waals surface area contributed by atoms with E-state index in [4.69, 9.17) is 4.74 Å². The Labute approximate surface area is 130 Å². The molecular formula is C18H20N2O2. The van der Waals surface area contributed by atoms with Gasteiger partial charge in [-0.3, -0.25) is 4.79 Å². The van der Waals surface area contributed by atoms with E-state index in [1.165, 1.54) is 0 Å². The highest BCUT2D eigenvalue weighted by atomic mass is 16.5. The minimum Gasteiger partial charge on any atom is -0.457 e. The van der Waals surface area contributed by atoms with Crippen LogP contribution in [-0.4, -0.2) is 19.0 Å². The molecule has 1 amide bonds. The molecule has 1 aliphatic heterocycles. The van der Waals surface area contributed by atoms with E-state index in [0.29, 0.717) is 0 Å². The average molecular weight is 296 g/mol. The van der Waals surface area contributed by atoms with Gasteiger partial charge in [-0.05, 0) is 55.8 Å². The fourth-order valence-corrected chi connectivity index (χ4v) is 2.55. The van der Waals surface area contributed by atoms with Crippen LogP contribution in [0.4, 0.5) is 5.69 Å². The molecule has 2 aromatic rings. The summed E-state index contributed by atoms with van der Waals surface area (Å²) in [4.78, 5) is 12.2. The van der Waals surface area contributed by atoms with Gasteiger partial charge in [-0.25, -0.2) is 0 Å². The van der Waals surface area contributed by atoms with Crippen molar-refractivity contribution in [3.05, 3.63) is 54.6 Å². The first-order valence-corrected chi connectivity index (χ1v) is 7.66. The van der Waals surface area contributed by atoms with Crippen molar-refractivity contribution in [2.24, 2.45) is 5.92 Å². The molecule has 0 aromatic heterocycles. The van der Waals surface area contributed by atoms with Gasteiger partial charge in [-0.2, -0.15) is 0 Å². The van der Waals surface area contributed by atoms with E-state index in [-0.39, 0.29) is 11.8 Å². The van der Waals surface area contributed by atoms with Crippen LogP contribution >= 0.6 is 0 Å². The molecule has 0 spiro atoms. The number of para-hydroxylation sites is 1. The van der Waals surface area contributed by atoms with Crippen molar-refractivity contribution < 1.29 is 9.53 Å². The van der Waals surface area contributed by atoms with Crippen LogP contribution in [0.1, 0.15) is 12.8 Å². The SMILES string of the molecule is O=C(Nc1ccc(Oc2ccccc2)cc1)[C@@H]1CCCNC1. The quantitative estimate of drug-likeness (QED) is 0.909. The van der Waals surface area contributed by atoms with Crippen LogP contribution in [0.2, 0.25) is 0 Å². The Kier molecular flexibility index (Phi) is 4.71. The summed E-state index contributed by atoms with van der Waals surface area (Å²) in [7, 11) is 0. The average Bonchev–Trinajstić information content (AvgIpc) is 2.58. The van der Waals surface area contributed by atoms with Crippen molar-refractivity contribution in [3.8, 4) is 11.5 Å². The largest absolute Gasteiger partial charge is 0.457 e. The molecule has 3 rings (SSSR count). The number of carbonyl (C=O) groups is 1. The summed E-state index contributed by atoms with van der Waals surface area (Å²) in [5.74, 6) is 1.70. The second kappa shape index (κ2) is 7.09. The zero-order valence-electron chi connectivity index (χ0n) is 12.4. The number of rotatable bonds is 4. The van der Waals surface area contributed by atoms with E-state index in [0.717, 1.165) is 43.1 Å². The number of carbonyl (C=O) groups excluding carboxylic acids is 1. The molecule has 22 heavy (non-hydrogen) atoms. The highest BCUT2D eigenvalue weighted by Gasteiger charge is 2.20. The first-order valence-electron chi connectivity index (χ1n) is 7.66. The number of hydrogen-bond donors (Lipinski definition) is 2. The number of anilines is 1. The molecule has 4 heteroatoms. The Morgan fingerprint density at radius 1 is 1.05 bits per heavy atom. The standard InChI is InChI=1S/C18H20N2O2/c21-18(14-5-4-12-19-13-14)20-15-8-10-17(11-9-15)22-16-6-2-1-3-7-16/h1-3,6-11,14,19H,4-5,12-13H2,(H,20,21)/t14-/m1/s1. The fourth-order valence-electron chi connectivity index (χ4n) is 2.55. The van der Waals surface area contributed by atoms with E-state index < -0.39 is 0 Å². The molecule has 2 N–H and O–H groups in total. The van der Waals surface area contributed by atoms with Gasteiger partial charge in [0.25, 0.3) is 0 Å². The molecule has 1 fully saturated rings. The van der Waals surface area contributed by atoms with Gasteiger partial charge in [0, 0.05) is 12.2 Å². The van der Waals surface area contributed by atoms with E-state index in [1.807, 2.05) is 54.6 Å². The molecule has 4 nitrogen and oxygen atoms in total. The third kappa shape index (κ3) is 3.86. The second-order valence-electron chi connectivity index (χ2n) is 5.47. The summed E-state index contributed by atoms with van der Waals surface area (Å²) in [5.41, 5.74) is 0.802. The summed E-state index contributed by atoms with van der Waals surface area (Å²) in [6.45, 7) is 1.77. The highest BCUT2D eigenvalue weighted by Crippen LogP contribution is 2.23. The summed E-state index contributed by atoms with van der Waals surface area (Å²) < 4.78 is 5.73. The van der Waals surface area contributed by atoms with Crippen molar-refractivity contribution >= 4 is 11.6 Å². The lowest BCUT2D eigenvalue weighted by molar-refractivity contribution is -0.120. The predicted molar refractivity (Wildman–Crippen MR) is 87.2 cm³/mol. The van der Waals surface area contributed by atoms with Gasteiger partial charge >= 0.3 is 0 Å². The maximum absolute atomic E-state index is 12.2. The van der Waals surface area contributed by atoms with Crippen LogP contribution in [0.5, 0.6) is 11.5 Å². The Morgan fingerprint density at radius 2 is 1.77 bits per heavy atom. The Bertz CT molecular complexity index is 605. The molecule has 1 saturated heterocycles. The van der Waals surface area contributed by atoms with Gasteiger partial charge in [0.2, 0.25) is 5.91 Å². The summed E-state index contributed by atoms with van der Waals surface area (Å²) in [6, 6.07) is 17.1. The molecule has 114 valence electrons. The molecule has 0 unspecified atom stereocenters. The van der Waals surface area contributed by atoms with Gasteiger partial charge in [-0.1, -0.05) is 18.2 Å². The van der Waals surface area contributed by atoms with Crippen LogP contribution in [0.3, 0.4) is 0 Å². The molecule has 1 aliphatic rings. The van der Waals surface area contributed by atoms with Gasteiger partial charge in [0.15, 0.2) is 0 Å². The molecule has 0 bridgehead atoms. The van der Waals surface area contributed by atoms with Crippen LogP contribution in [-0.2, 0) is 4.79 Å². The van der Waals surface area contributed by atoms with Gasteiger partial charge in [0.1, 0.15) is 11.5 Å². The van der Waals surface area contributed by atoms with Crippen LogP contribution in [0, 0.1) is 5.92 Å². The third-order valence-corrected chi connectivity index (χ3v) is 3.77. The van der Waals surface area contributed by atoms with Gasteiger partial charge in [-0.15, -0.1) is 0 Å². The van der Waals surface area contributed by atoms with Crippen molar-refractivity contribution in [2.45, 2.75) is 12.8 Å². The van der Waals surface area contributed by atoms with Gasteiger partial charge in [0.05, 0.1) is 5.92 Å². The van der Waals surface area contributed by atoms with Crippen molar-refractivity contribution in [3.63, 3.8) is 0 Å². The van der Waals surface area contributed by atoms with Gasteiger partial charge < -0.3 is 15.4 Å². The van der Waals surface area contributed by atoms with E-state index in [9.17, 15) is 4.79 Å². The summed E-state index contributed by atoms with van der Waals surface area (Å²) >= 11 is 0. The van der Waals surface area contributed by atoms with Crippen LogP contribution in [0.25, 0.3) is 0 Å². The second-order valence-corrected chi connectivity index (χ2v) is 5.47. The van der Waals surface area contributed by atoms with Crippen LogP contribution in [0.15, 0.2) is 54.6 Å². The minimum absolute atomic E-state index is 0.0639. The lowest BCUT2D eigenvalue weighted by Crippen LogP contribution is -2.37. The zero-order valence-corrected chi connectivity index (χ0v) is 12.4. The molecule has 1 atom stereocenters. The number of hydrogen-bond acceptors (Lipinski definition) is 3. The molecule has 0 saturated carbocycles. The van der Waals surface area contributed by atoms with E-state index in [2.05, 4.69) is 10.6 Å². The predicted octanol–water partition coefficient (Wildman–Crippen LogP) is 3.42. The van der Waals surface area contributed by atoms with E-state index >= 15 is 0 Å². The Hall–Kier alpha value is -2.33. The van der Waals surface area contributed by atoms with Crippen molar-refractivity contribution in [1.29, 1.82) is 0 Å². The first-order chi connectivity index (χ1) is 10.8. The first kappa shape index (κ1) is 14.6. The monoisotopic (exact) mass is 296 g/mol. The minimum atomic E-state index is 0.0639. The summed E-state index contributed by atoms with van der Waals surface area (Å²) in [6.07, 6.45) is 2.01. The maximum Gasteiger partial charge on any atom is 0.228 e. The molecular weight excluding hydrogens is 276 g/mol. The molecule has 0 radical (unpaired) electrons. The zero-order chi connectivity index (χ0) is 15.2. The van der Waals surface area contributed by atoms with Crippen molar-refractivity contribution in [2.75, 3.05) is 18.4 Å².